The third kappa shape index (κ3) is 2.99. The first-order valence-electron chi connectivity index (χ1n) is 5.66. The van der Waals surface area contributed by atoms with E-state index in [0.29, 0.717) is 11.4 Å². The van der Waals surface area contributed by atoms with Crippen molar-refractivity contribution in [1.82, 2.24) is 13.9 Å². The predicted octanol–water partition coefficient (Wildman–Crippen LogP) is 1.69. The van der Waals surface area contributed by atoms with Crippen LogP contribution in [0.1, 0.15) is 18.4 Å². The van der Waals surface area contributed by atoms with E-state index in [2.05, 4.69) is 20.7 Å². The molecule has 0 bridgehead atoms. The van der Waals surface area contributed by atoms with Crippen molar-refractivity contribution in [3.05, 3.63) is 24.3 Å². The minimum absolute atomic E-state index is 0.309. The molecule has 2 aromatic rings. The molecule has 94 valence electrons. The van der Waals surface area contributed by atoms with Crippen molar-refractivity contribution < 1.29 is 0 Å². The van der Waals surface area contributed by atoms with Crippen molar-refractivity contribution in [2.24, 2.45) is 0 Å². The van der Waals surface area contributed by atoms with E-state index in [1.54, 1.807) is 6.20 Å². The third-order valence-corrected chi connectivity index (χ3v) is 3.34. The van der Waals surface area contributed by atoms with Gasteiger partial charge in [0.2, 0.25) is 0 Å². The number of aryl methyl sites for hydroxylation is 1. The lowest BCUT2D eigenvalue weighted by Gasteiger charge is -2.04. The summed E-state index contributed by atoms with van der Waals surface area (Å²) >= 11 is 1.23. The zero-order valence-electron chi connectivity index (χ0n) is 9.83. The summed E-state index contributed by atoms with van der Waals surface area (Å²) in [6.07, 6.45) is 7.61. The van der Waals surface area contributed by atoms with Crippen molar-refractivity contribution in [3.8, 4) is 6.07 Å². The average molecular weight is 262 g/mol. The lowest BCUT2D eigenvalue weighted by atomic mass is 10.3. The van der Waals surface area contributed by atoms with Crippen molar-refractivity contribution in [1.29, 1.82) is 5.26 Å². The summed E-state index contributed by atoms with van der Waals surface area (Å²) in [7, 11) is 0. The fourth-order valence-corrected chi connectivity index (χ4v) is 2.26. The molecule has 0 atom stereocenters. The van der Waals surface area contributed by atoms with Gasteiger partial charge < -0.3 is 15.6 Å². The zero-order chi connectivity index (χ0) is 12.8. The number of anilines is 2. The molecule has 0 unspecified atom stereocenters. The first-order chi connectivity index (χ1) is 8.81. The monoisotopic (exact) mass is 262 g/mol. The van der Waals surface area contributed by atoms with E-state index >= 15 is 0 Å². The van der Waals surface area contributed by atoms with Gasteiger partial charge in [-0.05, 0) is 24.4 Å². The zero-order valence-corrected chi connectivity index (χ0v) is 10.7. The predicted molar refractivity (Wildman–Crippen MR) is 71.2 cm³/mol. The number of nitrogens with one attached hydrogen (secondary N) is 1. The molecule has 3 N–H and O–H groups in total. The van der Waals surface area contributed by atoms with Gasteiger partial charge in [-0.3, -0.25) is 0 Å². The van der Waals surface area contributed by atoms with Crippen molar-refractivity contribution in [2.75, 3.05) is 17.6 Å². The fourth-order valence-electron chi connectivity index (χ4n) is 1.57. The standard InChI is InChI=1S/C11H14N6S/c12-7-9-10(13)16-18-11(9)15-3-1-2-5-17-6-4-14-8-17/h4,6,8,15H,1-3,5H2,(H2,13,16). The Bertz CT molecular complexity index is 524. The van der Waals surface area contributed by atoms with E-state index in [4.69, 9.17) is 11.0 Å². The summed E-state index contributed by atoms with van der Waals surface area (Å²) in [4.78, 5) is 3.98. The average Bonchev–Trinajstić information content (AvgIpc) is 2.99. The van der Waals surface area contributed by atoms with Crippen LogP contribution in [0.15, 0.2) is 18.7 Å². The second-order valence-corrected chi connectivity index (χ2v) is 4.59. The molecule has 2 aromatic heterocycles. The smallest absolute Gasteiger partial charge is 0.157 e. The van der Waals surface area contributed by atoms with Gasteiger partial charge in [0, 0.05) is 25.5 Å². The largest absolute Gasteiger partial charge is 0.382 e. The summed E-state index contributed by atoms with van der Waals surface area (Å²) < 4.78 is 6.00. The second kappa shape index (κ2) is 6.02. The van der Waals surface area contributed by atoms with Crippen LogP contribution in [0.5, 0.6) is 0 Å². The minimum Gasteiger partial charge on any atom is -0.382 e. The number of nitrogen functional groups attached to an aromatic ring is 1. The Labute approximate surface area is 109 Å². The molecule has 0 aliphatic rings. The topological polar surface area (TPSA) is 92.5 Å². The van der Waals surface area contributed by atoms with Crippen LogP contribution in [0.4, 0.5) is 10.8 Å². The quantitative estimate of drug-likeness (QED) is 0.773. The number of hydrogen-bond donors (Lipinski definition) is 2. The van der Waals surface area contributed by atoms with Crippen LogP contribution in [-0.4, -0.2) is 20.5 Å². The number of imidazole rings is 1. The van der Waals surface area contributed by atoms with E-state index < -0.39 is 0 Å². The Kier molecular flexibility index (Phi) is 4.15. The molecule has 0 spiro atoms. The maximum absolute atomic E-state index is 8.90. The molecule has 0 saturated heterocycles. The van der Waals surface area contributed by atoms with E-state index in [1.807, 2.05) is 17.1 Å². The highest BCUT2D eigenvalue weighted by molar-refractivity contribution is 7.10. The molecule has 7 heteroatoms. The molecule has 2 rings (SSSR count). The molecule has 0 radical (unpaired) electrons. The van der Waals surface area contributed by atoms with Crippen LogP contribution in [0, 0.1) is 11.3 Å². The van der Waals surface area contributed by atoms with E-state index in [0.717, 1.165) is 30.9 Å². The van der Waals surface area contributed by atoms with Gasteiger partial charge in [-0.15, -0.1) is 0 Å². The Balaban J connectivity index is 1.71. The van der Waals surface area contributed by atoms with Crippen LogP contribution >= 0.6 is 11.5 Å². The van der Waals surface area contributed by atoms with Crippen LogP contribution in [0.3, 0.4) is 0 Å². The molecule has 6 nitrogen and oxygen atoms in total. The Morgan fingerprint density at radius 2 is 2.39 bits per heavy atom. The molecule has 0 aromatic carbocycles. The fraction of sp³-hybridized carbons (Fsp3) is 0.364. The van der Waals surface area contributed by atoms with Gasteiger partial charge in [0.1, 0.15) is 16.6 Å². The summed E-state index contributed by atoms with van der Waals surface area (Å²) in [5.74, 6) is 0.309. The van der Waals surface area contributed by atoms with Crippen LogP contribution in [0.2, 0.25) is 0 Å². The second-order valence-electron chi connectivity index (χ2n) is 3.82. The molecule has 2 heterocycles. The Morgan fingerprint density at radius 1 is 1.50 bits per heavy atom. The van der Waals surface area contributed by atoms with Crippen molar-refractivity contribution >= 4 is 22.4 Å². The van der Waals surface area contributed by atoms with E-state index in [1.165, 1.54) is 11.5 Å². The highest BCUT2D eigenvalue weighted by atomic mass is 32.1. The molecule has 0 aliphatic carbocycles. The molecule has 0 fully saturated rings. The number of nitriles is 1. The number of nitrogens with zero attached hydrogens (tertiary/aromatic N) is 4. The maximum atomic E-state index is 8.90. The van der Waals surface area contributed by atoms with Gasteiger partial charge in [0.05, 0.1) is 6.33 Å². The number of unbranched alkanes of at least 4 members (excludes halogenated alkanes) is 1. The SMILES string of the molecule is N#Cc1c(N)nsc1NCCCCn1ccnc1. The number of hydrogen-bond acceptors (Lipinski definition) is 6. The van der Waals surface area contributed by atoms with Gasteiger partial charge in [0.15, 0.2) is 5.82 Å². The summed E-state index contributed by atoms with van der Waals surface area (Å²) in [5.41, 5.74) is 6.03. The minimum atomic E-state index is 0.309. The van der Waals surface area contributed by atoms with Crippen molar-refractivity contribution in [2.45, 2.75) is 19.4 Å². The van der Waals surface area contributed by atoms with Gasteiger partial charge in [-0.2, -0.15) is 9.64 Å². The Hall–Kier alpha value is -2.07. The third-order valence-electron chi connectivity index (χ3n) is 2.52. The number of nitrogens with two attached hydrogens (primary N) is 1. The number of rotatable bonds is 6. The van der Waals surface area contributed by atoms with Crippen molar-refractivity contribution in [3.63, 3.8) is 0 Å². The highest BCUT2D eigenvalue weighted by Crippen LogP contribution is 2.25. The van der Waals surface area contributed by atoms with Crippen LogP contribution in [-0.2, 0) is 6.54 Å². The molecule has 0 saturated carbocycles. The molecular formula is C11H14N6S. The highest BCUT2D eigenvalue weighted by Gasteiger charge is 2.09. The van der Waals surface area contributed by atoms with E-state index in [-0.39, 0.29) is 0 Å². The molecule has 0 aliphatic heterocycles. The van der Waals surface area contributed by atoms with Gasteiger partial charge >= 0.3 is 0 Å². The lowest BCUT2D eigenvalue weighted by Crippen LogP contribution is -2.03. The van der Waals surface area contributed by atoms with Crippen LogP contribution < -0.4 is 11.1 Å². The normalized spacial score (nSPS) is 10.2. The summed E-state index contributed by atoms with van der Waals surface area (Å²) in [6.45, 7) is 1.77. The Morgan fingerprint density at radius 3 is 3.11 bits per heavy atom. The lowest BCUT2D eigenvalue weighted by molar-refractivity contribution is 0.621. The summed E-state index contributed by atoms with van der Waals surface area (Å²) in [6, 6.07) is 2.06. The van der Waals surface area contributed by atoms with Gasteiger partial charge in [-0.1, -0.05) is 0 Å². The van der Waals surface area contributed by atoms with Crippen LogP contribution in [0.25, 0.3) is 0 Å². The first-order valence-corrected chi connectivity index (χ1v) is 6.43. The van der Waals surface area contributed by atoms with Gasteiger partial charge in [0.25, 0.3) is 0 Å². The summed E-state index contributed by atoms with van der Waals surface area (Å²) in [5, 5.41) is 12.9. The maximum Gasteiger partial charge on any atom is 0.157 e. The number of aromatic nitrogens is 3. The molecule has 0 amide bonds. The first kappa shape index (κ1) is 12.4. The molecular weight excluding hydrogens is 248 g/mol. The van der Waals surface area contributed by atoms with Gasteiger partial charge in [-0.25, -0.2) is 4.98 Å². The van der Waals surface area contributed by atoms with E-state index in [9.17, 15) is 0 Å². The molecule has 18 heavy (non-hydrogen) atoms.